The van der Waals surface area contributed by atoms with E-state index in [0.29, 0.717) is 11.6 Å². The summed E-state index contributed by atoms with van der Waals surface area (Å²) in [6.45, 7) is 6.97. The fourth-order valence-electron chi connectivity index (χ4n) is 1.92. The van der Waals surface area contributed by atoms with Crippen LogP contribution in [0, 0.1) is 13.8 Å². The van der Waals surface area contributed by atoms with Gasteiger partial charge in [0.2, 0.25) is 0 Å². The third-order valence-electron chi connectivity index (χ3n) is 2.92. The minimum absolute atomic E-state index is 0.0208. The minimum Gasteiger partial charge on any atom is -0.309 e. The van der Waals surface area contributed by atoms with Crippen LogP contribution < -0.4 is 5.56 Å². The van der Waals surface area contributed by atoms with E-state index in [1.165, 1.54) is 0 Å². The molecule has 0 aliphatic rings. The number of hydrogen-bond donors (Lipinski definition) is 0. The Morgan fingerprint density at radius 3 is 2.72 bits per heavy atom. The van der Waals surface area contributed by atoms with Crippen molar-refractivity contribution in [3.8, 4) is 0 Å². The van der Waals surface area contributed by atoms with Crippen molar-refractivity contribution in [2.75, 3.05) is 0 Å². The number of hydrogen-bond acceptors (Lipinski definition) is 2. The molecule has 0 saturated heterocycles. The molecule has 2 heterocycles. The van der Waals surface area contributed by atoms with Crippen LogP contribution in [0.3, 0.4) is 0 Å². The molecule has 0 fully saturated rings. The second-order valence-corrected chi connectivity index (χ2v) is 4.71. The van der Waals surface area contributed by atoms with E-state index in [-0.39, 0.29) is 5.56 Å². The summed E-state index contributed by atoms with van der Waals surface area (Å²) < 4.78 is 3.48. The van der Waals surface area contributed by atoms with Gasteiger partial charge in [-0.15, -0.1) is 0 Å². The van der Waals surface area contributed by atoms with E-state index < -0.39 is 0 Å². The van der Waals surface area contributed by atoms with Crippen molar-refractivity contribution in [2.45, 2.75) is 33.9 Å². The third-order valence-corrected chi connectivity index (χ3v) is 3.42. The van der Waals surface area contributed by atoms with Crippen molar-refractivity contribution in [2.24, 2.45) is 0 Å². The lowest BCUT2D eigenvalue weighted by molar-refractivity contribution is 0.591. The number of nitrogens with zero attached hydrogens (tertiary/aromatic N) is 3. The van der Waals surface area contributed by atoms with E-state index in [1.54, 1.807) is 16.8 Å². The van der Waals surface area contributed by atoms with Gasteiger partial charge in [-0.25, -0.2) is 0 Å². The van der Waals surface area contributed by atoms with Crippen molar-refractivity contribution < 1.29 is 0 Å². The van der Waals surface area contributed by atoms with E-state index in [9.17, 15) is 4.79 Å². The maximum Gasteiger partial charge on any atom is 0.251 e. The third kappa shape index (κ3) is 2.34. The maximum atomic E-state index is 11.9. The molecule has 96 valence electrons. The van der Waals surface area contributed by atoms with Gasteiger partial charge < -0.3 is 4.57 Å². The van der Waals surface area contributed by atoms with Crippen LogP contribution in [0.25, 0.3) is 0 Å². The van der Waals surface area contributed by atoms with Gasteiger partial charge >= 0.3 is 0 Å². The van der Waals surface area contributed by atoms with Crippen molar-refractivity contribution in [3.63, 3.8) is 0 Å². The molecule has 0 unspecified atom stereocenters. The Bertz CT molecular complexity index is 628. The van der Waals surface area contributed by atoms with Crippen LogP contribution in [-0.2, 0) is 13.1 Å². The molecule has 0 radical (unpaired) electrons. The zero-order valence-corrected chi connectivity index (χ0v) is 11.5. The van der Waals surface area contributed by atoms with Crippen LogP contribution in [0.15, 0.2) is 23.1 Å². The molecule has 18 heavy (non-hydrogen) atoms. The van der Waals surface area contributed by atoms with Gasteiger partial charge in [0.1, 0.15) is 0 Å². The van der Waals surface area contributed by atoms with Gasteiger partial charge in [0.25, 0.3) is 5.56 Å². The average molecular weight is 266 g/mol. The van der Waals surface area contributed by atoms with Crippen LogP contribution in [0.1, 0.15) is 23.9 Å². The Hall–Kier alpha value is -1.55. The van der Waals surface area contributed by atoms with Gasteiger partial charge in [0.15, 0.2) is 0 Å². The van der Waals surface area contributed by atoms with Crippen molar-refractivity contribution in [1.82, 2.24) is 14.3 Å². The summed E-state index contributed by atoms with van der Waals surface area (Å²) in [7, 11) is 0. The van der Waals surface area contributed by atoms with Crippen LogP contribution in [0.5, 0.6) is 0 Å². The molecule has 0 saturated carbocycles. The lowest BCUT2D eigenvalue weighted by Gasteiger charge is -2.08. The summed E-state index contributed by atoms with van der Waals surface area (Å²) >= 11 is 6.23. The number of pyridine rings is 1. The molecule has 0 aliphatic carbocycles. The first-order valence-electron chi connectivity index (χ1n) is 5.91. The Labute approximate surface area is 111 Å². The normalized spacial score (nSPS) is 10.9. The molecule has 0 aromatic carbocycles. The highest BCUT2D eigenvalue weighted by atomic mass is 35.5. The smallest absolute Gasteiger partial charge is 0.251 e. The van der Waals surface area contributed by atoms with Gasteiger partial charge in [-0.2, -0.15) is 5.10 Å². The number of rotatable bonds is 3. The van der Waals surface area contributed by atoms with Crippen molar-refractivity contribution in [1.29, 1.82) is 0 Å². The molecule has 0 bridgehead atoms. The largest absolute Gasteiger partial charge is 0.309 e. The Balaban J connectivity index is 2.42. The summed E-state index contributed by atoms with van der Waals surface area (Å²) in [6.07, 6.45) is 1.79. The molecular formula is C13H16ClN3O. The first kappa shape index (κ1) is 12.9. The molecule has 4 nitrogen and oxygen atoms in total. The minimum atomic E-state index is -0.0208. The fraction of sp³-hybridized carbons (Fsp3) is 0.385. The predicted molar refractivity (Wildman–Crippen MR) is 72.2 cm³/mol. The highest BCUT2D eigenvalue weighted by Crippen LogP contribution is 2.20. The van der Waals surface area contributed by atoms with E-state index in [4.69, 9.17) is 11.6 Å². The van der Waals surface area contributed by atoms with Gasteiger partial charge in [0.05, 0.1) is 23.0 Å². The van der Waals surface area contributed by atoms with Gasteiger partial charge in [-0.1, -0.05) is 11.6 Å². The monoisotopic (exact) mass is 265 g/mol. The molecule has 2 aromatic heterocycles. The first-order chi connectivity index (χ1) is 8.52. The van der Waals surface area contributed by atoms with E-state index in [0.717, 1.165) is 23.5 Å². The second-order valence-electron chi connectivity index (χ2n) is 4.33. The molecule has 0 N–H and O–H groups in total. The molecule has 2 aromatic rings. The molecule has 0 amide bonds. The number of halogens is 1. The predicted octanol–water partition coefficient (Wildman–Crippen LogP) is 2.38. The summed E-state index contributed by atoms with van der Waals surface area (Å²) in [4.78, 5) is 11.9. The highest BCUT2D eigenvalue weighted by molar-refractivity contribution is 6.31. The van der Waals surface area contributed by atoms with Crippen LogP contribution in [0.2, 0.25) is 5.02 Å². The lowest BCUT2D eigenvalue weighted by atomic mass is 10.3. The van der Waals surface area contributed by atoms with Crippen LogP contribution >= 0.6 is 11.6 Å². The average Bonchev–Trinajstić information content (AvgIpc) is 2.60. The Morgan fingerprint density at radius 1 is 1.39 bits per heavy atom. The quantitative estimate of drug-likeness (QED) is 0.855. The number of aryl methyl sites for hydroxylation is 3. The lowest BCUT2D eigenvalue weighted by Crippen LogP contribution is -2.21. The summed E-state index contributed by atoms with van der Waals surface area (Å²) in [5.74, 6) is 0. The van der Waals surface area contributed by atoms with Crippen LogP contribution in [0.4, 0.5) is 0 Å². The second kappa shape index (κ2) is 4.98. The Morgan fingerprint density at radius 2 is 2.11 bits per heavy atom. The Kier molecular flexibility index (Phi) is 3.57. The maximum absolute atomic E-state index is 11.9. The molecular weight excluding hydrogens is 250 g/mol. The molecule has 5 heteroatoms. The zero-order valence-electron chi connectivity index (χ0n) is 10.8. The summed E-state index contributed by atoms with van der Waals surface area (Å²) in [6, 6.07) is 3.53. The summed E-state index contributed by atoms with van der Waals surface area (Å²) in [5.41, 5.74) is 2.62. The molecule has 0 aliphatic heterocycles. The topological polar surface area (TPSA) is 39.8 Å². The molecule has 0 spiro atoms. The van der Waals surface area contributed by atoms with Gasteiger partial charge in [-0.05, 0) is 32.4 Å². The molecule has 0 atom stereocenters. The van der Waals surface area contributed by atoms with Crippen LogP contribution in [-0.4, -0.2) is 14.3 Å². The SMILES string of the molecule is CCn1nc(C)c(Cl)c1Cn1ccc(C)cc1=O. The number of aromatic nitrogens is 3. The first-order valence-corrected chi connectivity index (χ1v) is 6.29. The molecule has 2 rings (SSSR count). The van der Waals surface area contributed by atoms with E-state index >= 15 is 0 Å². The van der Waals surface area contributed by atoms with E-state index in [1.807, 2.05) is 31.5 Å². The summed E-state index contributed by atoms with van der Waals surface area (Å²) in [5, 5.41) is 4.98. The highest BCUT2D eigenvalue weighted by Gasteiger charge is 2.13. The zero-order chi connectivity index (χ0) is 13.3. The fourth-order valence-corrected chi connectivity index (χ4v) is 2.11. The van der Waals surface area contributed by atoms with Crippen molar-refractivity contribution in [3.05, 3.63) is 50.7 Å². The van der Waals surface area contributed by atoms with E-state index in [2.05, 4.69) is 5.10 Å². The van der Waals surface area contributed by atoms with Crippen molar-refractivity contribution >= 4 is 11.6 Å². The standard InChI is InChI=1S/C13H16ClN3O/c1-4-17-11(13(14)10(3)15-17)8-16-6-5-9(2)7-12(16)18/h5-7H,4,8H2,1-3H3. The van der Waals surface area contributed by atoms with Gasteiger partial charge in [-0.3, -0.25) is 9.48 Å². The van der Waals surface area contributed by atoms with Gasteiger partial charge in [0, 0.05) is 18.8 Å².